The summed E-state index contributed by atoms with van der Waals surface area (Å²) in [4.78, 5) is 4.10. The molecule has 0 saturated heterocycles. The second kappa shape index (κ2) is 4.21. The molecule has 78 valence electrons. The Morgan fingerprint density at radius 1 is 1.36 bits per heavy atom. The topological polar surface area (TPSA) is 67.6 Å². The number of rotatable bonds is 2. The van der Waals surface area contributed by atoms with Crippen molar-refractivity contribution in [2.24, 2.45) is 5.92 Å². The minimum Gasteiger partial charge on any atom is -0.368 e. The van der Waals surface area contributed by atoms with Crippen LogP contribution in [0, 0.1) is 5.92 Å². The summed E-state index contributed by atoms with van der Waals surface area (Å²) in [5.41, 5.74) is 5.46. The van der Waals surface area contributed by atoms with Crippen LogP contribution in [0.4, 0.5) is 5.95 Å². The molecule has 3 N–H and O–H groups in total. The van der Waals surface area contributed by atoms with Crippen molar-refractivity contribution in [1.29, 1.82) is 0 Å². The molecule has 5 heteroatoms. The third-order valence-electron chi connectivity index (χ3n) is 2.72. The fourth-order valence-electron chi connectivity index (χ4n) is 1.81. The molecule has 0 radical (unpaired) electrons. The highest BCUT2D eigenvalue weighted by atomic mass is 32.2. The number of aromatic nitrogens is 3. The number of anilines is 1. The van der Waals surface area contributed by atoms with Gasteiger partial charge in [-0.15, -0.1) is 5.10 Å². The molecule has 14 heavy (non-hydrogen) atoms. The molecule has 0 bridgehead atoms. The smallest absolute Gasteiger partial charge is 0.216 e. The Labute approximate surface area is 88.1 Å². The predicted octanol–water partition coefficient (Wildman–Crippen LogP) is 2.06. The number of nitrogens with zero attached hydrogens (tertiary/aromatic N) is 2. The first-order valence-corrected chi connectivity index (χ1v) is 5.96. The van der Waals surface area contributed by atoms with Gasteiger partial charge in [-0.3, -0.25) is 0 Å². The number of hydrogen-bond donors (Lipinski definition) is 2. The van der Waals surface area contributed by atoms with Crippen molar-refractivity contribution in [3.8, 4) is 0 Å². The van der Waals surface area contributed by atoms with E-state index in [0.717, 1.165) is 11.1 Å². The molecule has 4 nitrogen and oxygen atoms in total. The lowest BCUT2D eigenvalue weighted by molar-refractivity contribution is 0.393. The lowest BCUT2D eigenvalue weighted by Crippen LogP contribution is -2.14. The van der Waals surface area contributed by atoms with Gasteiger partial charge in [0.2, 0.25) is 11.1 Å². The summed E-state index contributed by atoms with van der Waals surface area (Å²) in [7, 11) is 0. The molecular weight excluding hydrogens is 196 g/mol. The zero-order chi connectivity index (χ0) is 9.97. The molecule has 0 amide bonds. The van der Waals surface area contributed by atoms with Crippen LogP contribution in [0.15, 0.2) is 5.16 Å². The minimum absolute atomic E-state index is 0.414. The van der Waals surface area contributed by atoms with Crippen LogP contribution < -0.4 is 5.73 Å². The van der Waals surface area contributed by atoms with Crippen LogP contribution in [-0.2, 0) is 0 Å². The van der Waals surface area contributed by atoms with E-state index >= 15 is 0 Å². The van der Waals surface area contributed by atoms with Crippen LogP contribution in [0.5, 0.6) is 0 Å². The van der Waals surface area contributed by atoms with Crippen molar-refractivity contribution < 1.29 is 0 Å². The van der Waals surface area contributed by atoms with E-state index in [1.807, 2.05) is 0 Å². The van der Waals surface area contributed by atoms with Crippen molar-refractivity contribution >= 4 is 17.7 Å². The quantitative estimate of drug-likeness (QED) is 0.787. The standard InChI is InChI=1S/C9H16N4S/c1-6-2-4-7(5-3-6)14-9-11-8(10)12-13-9/h6-7H,2-5H2,1H3,(H3,10,11,12,13). The van der Waals surface area contributed by atoms with Crippen molar-refractivity contribution in [2.45, 2.75) is 43.0 Å². The fraction of sp³-hybridized carbons (Fsp3) is 0.778. The SMILES string of the molecule is CC1CCC(Sc2n[nH]c(N)n2)CC1. The van der Waals surface area contributed by atoms with E-state index in [1.54, 1.807) is 11.8 Å². The Bertz CT molecular complexity index is 291. The van der Waals surface area contributed by atoms with E-state index in [4.69, 9.17) is 5.73 Å². The van der Waals surface area contributed by atoms with Gasteiger partial charge in [0.1, 0.15) is 0 Å². The minimum atomic E-state index is 0.414. The van der Waals surface area contributed by atoms with Crippen LogP contribution in [-0.4, -0.2) is 20.4 Å². The van der Waals surface area contributed by atoms with Gasteiger partial charge in [-0.2, -0.15) is 4.98 Å². The third-order valence-corrected chi connectivity index (χ3v) is 3.92. The fourth-order valence-corrected chi connectivity index (χ4v) is 2.86. The first kappa shape index (κ1) is 9.83. The van der Waals surface area contributed by atoms with Gasteiger partial charge < -0.3 is 5.73 Å². The van der Waals surface area contributed by atoms with Crippen LogP contribution in [0.2, 0.25) is 0 Å². The average molecular weight is 212 g/mol. The molecule has 1 saturated carbocycles. The molecule has 1 heterocycles. The van der Waals surface area contributed by atoms with E-state index in [2.05, 4.69) is 22.1 Å². The Hall–Kier alpha value is -0.710. The van der Waals surface area contributed by atoms with E-state index in [0.29, 0.717) is 11.2 Å². The summed E-state index contributed by atoms with van der Waals surface area (Å²) in [5.74, 6) is 1.31. The van der Waals surface area contributed by atoms with Gasteiger partial charge in [-0.05, 0) is 31.6 Å². The van der Waals surface area contributed by atoms with Gasteiger partial charge in [-0.1, -0.05) is 18.7 Å². The van der Waals surface area contributed by atoms with Crippen molar-refractivity contribution in [3.05, 3.63) is 0 Å². The second-order valence-electron chi connectivity index (χ2n) is 4.00. The number of nitrogens with two attached hydrogens (primary N) is 1. The van der Waals surface area contributed by atoms with Gasteiger partial charge in [0.05, 0.1) is 0 Å². The number of aromatic amines is 1. The van der Waals surface area contributed by atoms with E-state index in [9.17, 15) is 0 Å². The number of hydrogen-bond acceptors (Lipinski definition) is 4. The molecular formula is C9H16N4S. The summed E-state index contributed by atoms with van der Waals surface area (Å²) >= 11 is 1.75. The Morgan fingerprint density at radius 3 is 2.64 bits per heavy atom. The van der Waals surface area contributed by atoms with E-state index in [-0.39, 0.29) is 0 Å². The van der Waals surface area contributed by atoms with E-state index in [1.165, 1.54) is 25.7 Å². The molecule has 1 aromatic heterocycles. The van der Waals surface area contributed by atoms with Crippen LogP contribution in [0.3, 0.4) is 0 Å². The summed E-state index contributed by atoms with van der Waals surface area (Å²) in [6.07, 6.45) is 5.22. The normalized spacial score (nSPS) is 27.8. The van der Waals surface area contributed by atoms with Crippen LogP contribution in [0.1, 0.15) is 32.6 Å². The summed E-state index contributed by atoms with van der Waals surface area (Å²) in [6.45, 7) is 2.33. The largest absolute Gasteiger partial charge is 0.368 e. The second-order valence-corrected chi connectivity index (χ2v) is 5.27. The Morgan fingerprint density at radius 2 is 2.07 bits per heavy atom. The van der Waals surface area contributed by atoms with Crippen molar-refractivity contribution in [3.63, 3.8) is 0 Å². The van der Waals surface area contributed by atoms with Crippen molar-refractivity contribution in [2.75, 3.05) is 5.73 Å². The molecule has 1 aliphatic carbocycles. The van der Waals surface area contributed by atoms with Crippen LogP contribution >= 0.6 is 11.8 Å². The van der Waals surface area contributed by atoms with Gasteiger partial charge >= 0.3 is 0 Å². The van der Waals surface area contributed by atoms with Gasteiger partial charge in [0.25, 0.3) is 0 Å². The molecule has 0 spiro atoms. The molecule has 0 aromatic carbocycles. The van der Waals surface area contributed by atoms with Gasteiger partial charge in [-0.25, -0.2) is 5.10 Å². The summed E-state index contributed by atoms with van der Waals surface area (Å²) < 4.78 is 0. The number of thioether (sulfide) groups is 1. The lowest BCUT2D eigenvalue weighted by atomic mass is 9.91. The van der Waals surface area contributed by atoms with Crippen LogP contribution in [0.25, 0.3) is 0 Å². The maximum Gasteiger partial charge on any atom is 0.216 e. The molecule has 1 aliphatic rings. The molecule has 1 fully saturated rings. The Balaban J connectivity index is 1.86. The zero-order valence-electron chi connectivity index (χ0n) is 8.36. The lowest BCUT2D eigenvalue weighted by Gasteiger charge is -2.24. The molecule has 0 atom stereocenters. The third kappa shape index (κ3) is 2.41. The van der Waals surface area contributed by atoms with E-state index < -0.39 is 0 Å². The highest BCUT2D eigenvalue weighted by molar-refractivity contribution is 7.99. The summed E-state index contributed by atoms with van der Waals surface area (Å²) in [5, 5.41) is 8.17. The monoisotopic (exact) mass is 212 g/mol. The van der Waals surface area contributed by atoms with Crippen molar-refractivity contribution in [1.82, 2.24) is 15.2 Å². The van der Waals surface area contributed by atoms with Gasteiger partial charge in [0.15, 0.2) is 0 Å². The first-order chi connectivity index (χ1) is 6.74. The molecule has 0 unspecified atom stereocenters. The molecule has 2 rings (SSSR count). The zero-order valence-corrected chi connectivity index (χ0v) is 9.18. The predicted molar refractivity (Wildman–Crippen MR) is 58.1 cm³/mol. The maximum absolute atomic E-state index is 5.46. The first-order valence-electron chi connectivity index (χ1n) is 5.08. The van der Waals surface area contributed by atoms with Gasteiger partial charge in [0, 0.05) is 5.25 Å². The molecule has 0 aliphatic heterocycles. The molecule has 1 aromatic rings. The average Bonchev–Trinajstić information content (AvgIpc) is 2.56. The highest BCUT2D eigenvalue weighted by Gasteiger charge is 2.20. The number of nitrogens with one attached hydrogen (secondary N) is 1. The summed E-state index contributed by atoms with van der Waals surface area (Å²) in [6, 6.07) is 0. The number of H-pyrrole nitrogens is 1. The number of nitrogen functional groups attached to an aromatic ring is 1. The Kier molecular flexibility index (Phi) is 2.96. The highest BCUT2D eigenvalue weighted by Crippen LogP contribution is 2.34. The maximum atomic E-state index is 5.46.